The monoisotopic (exact) mass is 212 g/mol. The summed E-state index contributed by atoms with van der Waals surface area (Å²) >= 11 is 0. The van der Waals surface area contributed by atoms with Gasteiger partial charge in [-0.25, -0.2) is 0 Å². The molecule has 0 unspecified atom stereocenters. The summed E-state index contributed by atoms with van der Waals surface area (Å²) in [6, 6.07) is 10.7. The van der Waals surface area contributed by atoms with Crippen LogP contribution in [0.4, 0.5) is 0 Å². The second-order valence-electron chi connectivity index (χ2n) is 4.28. The van der Waals surface area contributed by atoms with Gasteiger partial charge in [0.25, 0.3) is 0 Å². The van der Waals surface area contributed by atoms with E-state index in [1.54, 1.807) is 0 Å². The minimum Gasteiger partial charge on any atom is -0.316 e. The molecular weight excluding hydrogens is 196 g/mol. The van der Waals surface area contributed by atoms with Crippen LogP contribution in [0.15, 0.2) is 30.3 Å². The number of hydrogen-bond donors (Lipinski definition) is 1. The first kappa shape index (κ1) is 10.9. The van der Waals surface area contributed by atoms with Gasteiger partial charge in [-0.3, -0.25) is 0 Å². The zero-order valence-electron chi connectivity index (χ0n) is 9.53. The van der Waals surface area contributed by atoms with Crippen molar-refractivity contribution in [1.82, 2.24) is 5.32 Å². The first-order valence-corrected chi connectivity index (χ1v) is 5.64. The normalized spacial score (nSPS) is 17.2. The maximum atomic E-state index is 9.14. The largest absolute Gasteiger partial charge is 0.316 e. The molecule has 0 bridgehead atoms. The lowest BCUT2D eigenvalue weighted by Gasteiger charge is -2.06. The number of benzene rings is 1. The zero-order valence-corrected chi connectivity index (χ0v) is 9.53. The van der Waals surface area contributed by atoms with Crippen LogP contribution in [-0.2, 0) is 5.41 Å². The van der Waals surface area contributed by atoms with Crippen molar-refractivity contribution in [1.29, 1.82) is 5.26 Å². The van der Waals surface area contributed by atoms with Crippen molar-refractivity contribution in [2.24, 2.45) is 0 Å². The van der Waals surface area contributed by atoms with Gasteiger partial charge in [0.15, 0.2) is 0 Å². The Kier molecular flexibility index (Phi) is 3.07. The lowest BCUT2D eigenvalue weighted by molar-refractivity contribution is 0.907. The van der Waals surface area contributed by atoms with Crippen LogP contribution >= 0.6 is 0 Å². The summed E-state index contributed by atoms with van der Waals surface area (Å²) in [5.41, 5.74) is 2.17. The van der Waals surface area contributed by atoms with Crippen LogP contribution < -0.4 is 5.32 Å². The lowest BCUT2D eigenvalue weighted by Crippen LogP contribution is -2.04. The van der Waals surface area contributed by atoms with E-state index in [0.29, 0.717) is 0 Å². The average molecular weight is 212 g/mol. The standard InChI is InChI=1S/C14H16N2/c1-16-9-3-5-12-4-2-6-13(10-12)14(11-15)7-8-14/h2-6,10,16H,7-9H2,1H3. The summed E-state index contributed by atoms with van der Waals surface area (Å²) in [5.74, 6) is 0. The molecule has 0 radical (unpaired) electrons. The molecule has 1 saturated carbocycles. The number of rotatable bonds is 4. The maximum absolute atomic E-state index is 9.14. The molecule has 82 valence electrons. The van der Waals surface area contributed by atoms with Gasteiger partial charge in [-0.2, -0.15) is 5.26 Å². The molecule has 0 heterocycles. The molecular formula is C14H16N2. The van der Waals surface area contributed by atoms with E-state index in [9.17, 15) is 0 Å². The molecule has 0 amide bonds. The van der Waals surface area contributed by atoms with E-state index in [4.69, 9.17) is 5.26 Å². The fourth-order valence-corrected chi connectivity index (χ4v) is 1.84. The molecule has 1 aliphatic rings. The van der Waals surface area contributed by atoms with Crippen molar-refractivity contribution >= 4 is 6.08 Å². The van der Waals surface area contributed by atoms with Crippen molar-refractivity contribution in [2.75, 3.05) is 13.6 Å². The highest BCUT2D eigenvalue weighted by Crippen LogP contribution is 2.47. The van der Waals surface area contributed by atoms with Crippen molar-refractivity contribution in [3.63, 3.8) is 0 Å². The predicted octanol–water partition coefficient (Wildman–Crippen LogP) is 2.47. The second kappa shape index (κ2) is 4.51. The summed E-state index contributed by atoms with van der Waals surface area (Å²) in [6.07, 6.45) is 6.19. The molecule has 1 aromatic carbocycles. The highest BCUT2D eigenvalue weighted by molar-refractivity contribution is 5.53. The van der Waals surface area contributed by atoms with Crippen LogP contribution in [0.25, 0.3) is 6.08 Å². The molecule has 0 spiro atoms. The first-order chi connectivity index (χ1) is 7.80. The molecule has 0 aromatic heterocycles. The van der Waals surface area contributed by atoms with Crippen LogP contribution in [0.3, 0.4) is 0 Å². The first-order valence-electron chi connectivity index (χ1n) is 5.64. The SMILES string of the molecule is CNCC=Cc1cccc(C2(C#N)CC2)c1. The van der Waals surface area contributed by atoms with E-state index in [-0.39, 0.29) is 5.41 Å². The molecule has 1 aliphatic carbocycles. The Bertz CT molecular complexity index is 436. The fraction of sp³-hybridized carbons (Fsp3) is 0.357. The third-order valence-corrected chi connectivity index (χ3v) is 3.04. The van der Waals surface area contributed by atoms with Crippen LogP contribution in [0, 0.1) is 11.3 Å². The van der Waals surface area contributed by atoms with Gasteiger partial charge in [-0.05, 0) is 31.0 Å². The number of hydrogen-bond acceptors (Lipinski definition) is 2. The Balaban J connectivity index is 2.18. The van der Waals surface area contributed by atoms with Gasteiger partial charge in [0, 0.05) is 6.54 Å². The van der Waals surface area contributed by atoms with Crippen molar-refractivity contribution in [3.8, 4) is 6.07 Å². The molecule has 1 N–H and O–H groups in total. The van der Waals surface area contributed by atoms with E-state index < -0.39 is 0 Å². The molecule has 2 nitrogen and oxygen atoms in total. The van der Waals surface area contributed by atoms with Crippen LogP contribution in [0.1, 0.15) is 24.0 Å². The second-order valence-corrected chi connectivity index (χ2v) is 4.28. The van der Waals surface area contributed by atoms with Gasteiger partial charge in [-0.15, -0.1) is 0 Å². The Morgan fingerprint density at radius 3 is 2.94 bits per heavy atom. The smallest absolute Gasteiger partial charge is 0.0824 e. The Morgan fingerprint density at radius 2 is 2.31 bits per heavy atom. The third-order valence-electron chi connectivity index (χ3n) is 3.04. The summed E-state index contributed by atoms with van der Waals surface area (Å²) in [7, 11) is 1.93. The molecule has 1 aromatic rings. The van der Waals surface area contributed by atoms with Crippen LogP contribution in [0.2, 0.25) is 0 Å². The molecule has 0 aliphatic heterocycles. The van der Waals surface area contributed by atoms with Crippen molar-refractivity contribution < 1.29 is 0 Å². The lowest BCUT2D eigenvalue weighted by atomic mass is 9.96. The minimum atomic E-state index is -0.174. The van der Waals surface area contributed by atoms with E-state index in [0.717, 1.165) is 19.4 Å². The predicted molar refractivity (Wildman–Crippen MR) is 65.9 cm³/mol. The van der Waals surface area contributed by atoms with E-state index in [1.807, 2.05) is 13.1 Å². The van der Waals surface area contributed by atoms with E-state index in [2.05, 4.69) is 41.7 Å². The Morgan fingerprint density at radius 1 is 1.50 bits per heavy atom. The quantitative estimate of drug-likeness (QED) is 0.832. The summed E-state index contributed by atoms with van der Waals surface area (Å²) < 4.78 is 0. The fourth-order valence-electron chi connectivity index (χ4n) is 1.84. The van der Waals surface area contributed by atoms with Gasteiger partial charge in [0.1, 0.15) is 0 Å². The zero-order chi connectivity index (χ0) is 11.4. The topological polar surface area (TPSA) is 35.8 Å². The number of nitrogens with zero attached hydrogens (tertiary/aromatic N) is 1. The summed E-state index contributed by atoms with van der Waals surface area (Å²) in [5, 5.41) is 12.2. The van der Waals surface area contributed by atoms with E-state index in [1.165, 1.54) is 11.1 Å². The summed E-state index contributed by atoms with van der Waals surface area (Å²) in [4.78, 5) is 0. The molecule has 1 fully saturated rings. The van der Waals surface area contributed by atoms with Gasteiger partial charge >= 0.3 is 0 Å². The van der Waals surface area contributed by atoms with Crippen LogP contribution in [-0.4, -0.2) is 13.6 Å². The van der Waals surface area contributed by atoms with Gasteiger partial charge in [0.05, 0.1) is 11.5 Å². The molecule has 2 heteroatoms. The summed E-state index contributed by atoms with van der Waals surface area (Å²) in [6.45, 7) is 0.869. The number of likely N-dealkylation sites (N-methyl/N-ethyl adjacent to an activating group) is 1. The number of nitriles is 1. The average Bonchev–Trinajstić information content (AvgIpc) is 3.11. The van der Waals surface area contributed by atoms with Gasteiger partial charge < -0.3 is 5.32 Å². The molecule has 16 heavy (non-hydrogen) atoms. The highest BCUT2D eigenvalue weighted by Gasteiger charge is 2.44. The van der Waals surface area contributed by atoms with Crippen LogP contribution in [0.5, 0.6) is 0 Å². The minimum absolute atomic E-state index is 0.174. The molecule has 2 rings (SSSR count). The van der Waals surface area contributed by atoms with Gasteiger partial charge in [-0.1, -0.05) is 36.4 Å². The third kappa shape index (κ3) is 2.15. The highest BCUT2D eigenvalue weighted by atomic mass is 14.8. The van der Waals surface area contributed by atoms with Gasteiger partial charge in [0.2, 0.25) is 0 Å². The van der Waals surface area contributed by atoms with Crippen molar-refractivity contribution in [3.05, 3.63) is 41.5 Å². The number of nitrogens with one attached hydrogen (secondary N) is 1. The Hall–Kier alpha value is -1.59. The van der Waals surface area contributed by atoms with E-state index >= 15 is 0 Å². The Labute approximate surface area is 96.6 Å². The molecule has 0 saturated heterocycles. The molecule has 0 atom stereocenters. The van der Waals surface area contributed by atoms with Crippen molar-refractivity contribution in [2.45, 2.75) is 18.3 Å². The maximum Gasteiger partial charge on any atom is 0.0824 e.